The Hall–Kier alpha value is -1.37. The molecule has 156 valence electrons. The lowest BCUT2D eigenvalue weighted by Crippen LogP contribution is -2.53. The molecule has 0 bridgehead atoms. The quantitative estimate of drug-likeness (QED) is 0.817. The first kappa shape index (κ1) is 21.3. The molecule has 0 atom stereocenters. The number of likely N-dealkylation sites (tertiary alicyclic amines) is 1. The van der Waals surface area contributed by atoms with E-state index in [1.54, 1.807) is 10.6 Å². The van der Waals surface area contributed by atoms with Gasteiger partial charge in [-0.1, -0.05) is 0 Å². The minimum absolute atomic E-state index is 0. The predicted molar refractivity (Wildman–Crippen MR) is 112 cm³/mol. The second-order valence-electron chi connectivity index (χ2n) is 8.33. The van der Waals surface area contributed by atoms with Crippen LogP contribution in [0.3, 0.4) is 0 Å². The number of H-pyrrole nitrogens is 1. The van der Waals surface area contributed by atoms with Gasteiger partial charge in [0, 0.05) is 31.3 Å². The molecule has 1 N–H and O–H groups in total. The number of aromatic nitrogens is 2. The molecule has 1 aliphatic heterocycles. The van der Waals surface area contributed by atoms with E-state index in [1.165, 1.54) is 25.0 Å². The van der Waals surface area contributed by atoms with Crippen molar-refractivity contribution in [3.8, 4) is 0 Å². The maximum absolute atomic E-state index is 13.7. The van der Waals surface area contributed by atoms with Gasteiger partial charge in [-0.05, 0) is 70.6 Å². The number of aromatic amines is 1. The smallest absolute Gasteiger partial charge is 0.326 e. The lowest BCUT2D eigenvalue weighted by atomic mass is 9.79. The number of piperidine rings is 1. The first-order valence-electron chi connectivity index (χ1n) is 10.3. The van der Waals surface area contributed by atoms with E-state index in [4.69, 9.17) is 4.74 Å². The second-order valence-corrected chi connectivity index (χ2v) is 8.33. The van der Waals surface area contributed by atoms with Gasteiger partial charge in [0.2, 0.25) is 0 Å². The molecule has 2 fully saturated rings. The maximum Gasteiger partial charge on any atom is 0.326 e. The molecule has 0 spiro atoms. The van der Waals surface area contributed by atoms with Crippen LogP contribution in [0.5, 0.6) is 0 Å². The number of hydrogen-bond donors (Lipinski definition) is 1. The lowest BCUT2D eigenvalue weighted by molar-refractivity contribution is -0.0273. The van der Waals surface area contributed by atoms with E-state index in [0.29, 0.717) is 17.1 Å². The molecule has 0 amide bonds. The highest BCUT2D eigenvalue weighted by molar-refractivity contribution is 5.85. The number of rotatable bonds is 4. The molecule has 1 aromatic heterocycles. The van der Waals surface area contributed by atoms with Gasteiger partial charge >= 0.3 is 5.69 Å². The Bertz CT molecular complexity index is 849. The minimum Gasteiger partial charge on any atom is -0.379 e. The first-order chi connectivity index (χ1) is 13.0. The highest BCUT2D eigenvalue weighted by atomic mass is 35.5. The Morgan fingerprint density at radius 2 is 1.89 bits per heavy atom. The van der Waals surface area contributed by atoms with Crippen molar-refractivity contribution in [2.75, 3.05) is 19.7 Å². The number of halogens is 2. The summed E-state index contributed by atoms with van der Waals surface area (Å²) in [6.45, 7) is 7.20. The van der Waals surface area contributed by atoms with Crippen LogP contribution in [-0.2, 0) is 4.74 Å². The van der Waals surface area contributed by atoms with E-state index in [2.05, 4.69) is 23.7 Å². The lowest BCUT2D eigenvalue weighted by Gasteiger charge is -2.48. The van der Waals surface area contributed by atoms with Gasteiger partial charge in [-0.25, -0.2) is 9.18 Å². The monoisotopic (exact) mass is 411 g/mol. The number of nitrogens with one attached hydrogen (secondary N) is 1. The number of nitrogens with zero attached hydrogens (tertiary/aromatic N) is 2. The summed E-state index contributed by atoms with van der Waals surface area (Å²) >= 11 is 0. The normalized spacial score (nSPS) is 27.0. The molecule has 1 aliphatic carbocycles. The van der Waals surface area contributed by atoms with Crippen molar-refractivity contribution in [2.24, 2.45) is 0 Å². The van der Waals surface area contributed by atoms with Gasteiger partial charge in [0.25, 0.3) is 0 Å². The SMILES string of the molecule is CCOC1CCC(C)(N2CCC(n3c(=O)[nH]c4ccc(F)cc43)CC2)CC1.Cl. The largest absolute Gasteiger partial charge is 0.379 e. The van der Waals surface area contributed by atoms with E-state index < -0.39 is 0 Å². The van der Waals surface area contributed by atoms with Crippen LogP contribution in [0.25, 0.3) is 11.0 Å². The number of hydrogen-bond acceptors (Lipinski definition) is 3. The zero-order valence-electron chi connectivity index (χ0n) is 16.7. The molecule has 28 heavy (non-hydrogen) atoms. The molecule has 2 aliphatic rings. The highest BCUT2D eigenvalue weighted by Gasteiger charge is 2.38. The van der Waals surface area contributed by atoms with Crippen LogP contribution in [0.15, 0.2) is 23.0 Å². The van der Waals surface area contributed by atoms with Gasteiger partial charge in [0.05, 0.1) is 17.1 Å². The summed E-state index contributed by atoms with van der Waals surface area (Å²) in [7, 11) is 0. The fraction of sp³-hybridized carbons (Fsp3) is 0.667. The summed E-state index contributed by atoms with van der Waals surface area (Å²) in [6.07, 6.45) is 6.86. The average molecular weight is 412 g/mol. The molecular weight excluding hydrogens is 381 g/mol. The third-order valence-corrected chi connectivity index (χ3v) is 6.68. The summed E-state index contributed by atoms with van der Waals surface area (Å²) < 4.78 is 21.3. The minimum atomic E-state index is -0.300. The van der Waals surface area contributed by atoms with E-state index in [9.17, 15) is 9.18 Å². The molecule has 5 nitrogen and oxygen atoms in total. The van der Waals surface area contributed by atoms with Crippen LogP contribution in [-0.4, -0.2) is 45.8 Å². The van der Waals surface area contributed by atoms with Gasteiger partial charge in [0.1, 0.15) is 5.82 Å². The third kappa shape index (κ3) is 4.00. The van der Waals surface area contributed by atoms with Crippen LogP contribution >= 0.6 is 12.4 Å². The summed E-state index contributed by atoms with van der Waals surface area (Å²) in [6, 6.07) is 4.64. The molecular formula is C21H31ClFN3O2. The van der Waals surface area contributed by atoms with E-state index in [1.807, 2.05) is 0 Å². The summed E-state index contributed by atoms with van der Waals surface area (Å²) in [5, 5.41) is 0. The van der Waals surface area contributed by atoms with Crippen molar-refractivity contribution in [3.63, 3.8) is 0 Å². The molecule has 0 radical (unpaired) electrons. The zero-order chi connectivity index (χ0) is 19.0. The van der Waals surface area contributed by atoms with Crippen molar-refractivity contribution < 1.29 is 9.13 Å². The first-order valence-corrected chi connectivity index (χ1v) is 10.3. The van der Waals surface area contributed by atoms with Crippen molar-refractivity contribution in [1.82, 2.24) is 14.5 Å². The van der Waals surface area contributed by atoms with Gasteiger partial charge < -0.3 is 9.72 Å². The zero-order valence-corrected chi connectivity index (χ0v) is 17.6. The van der Waals surface area contributed by atoms with Crippen molar-refractivity contribution in [1.29, 1.82) is 0 Å². The Morgan fingerprint density at radius 1 is 1.21 bits per heavy atom. The van der Waals surface area contributed by atoms with Crippen LogP contribution < -0.4 is 5.69 Å². The molecule has 7 heteroatoms. The van der Waals surface area contributed by atoms with Gasteiger partial charge in [-0.2, -0.15) is 0 Å². The van der Waals surface area contributed by atoms with Crippen LogP contribution in [0.2, 0.25) is 0 Å². The van der Waals surface area contributed by atoms with Crippen molar-refractivity contribution >= 4 is 23.4 Å². The summed E-state index contributed by atoms with van der Waals surface area (Å²) in [5.41, 5.74) is 1.50. The van der Waals surface area contributed by atoms with Crippen LogP contribution in [0.4, 0.5) is 4.39 Å². The Morgan fingerprint density at radius 3 is 2.54 bits per heavy atom. The van der Waals surface area contributed by atoms with Crippen molar-refractivity contribution in [3.05, 3.63) is 34.5 Å². The molecule has 1 saturated heterocycles. The molecule has 2 heterocycles. The number of fused-ring (bicyclic) bond motifs is 1. The maximum atomic E-state index is 13.7. The van der Waals surface area contributed by atoms with Crippen molar-refractivity contribution in [2.45, 2.75) is 70.1 Å². The third-order valence-electron chi connectivity index (χ3n) is 6.68. The van der Waals surface area contributed by atoms with E-state index in [-0.39, 0.29) is 35.5 Å². The molecule has 4 rings (SSSR count). The summed E-state index contributed by atoms with van der Waals surface area (Å²) in [5.74, 6) is -0.300. The van der Waals surface area contributed by atoms with E-state index >= 15 is 0 Å². The molecule has 1 aromatic carbocycles. The molecule has 0 unspecified atom stereocenters. The van der Waals surface area contributed by atoms with Gasteiger partial charge in [-0.3, -0.25) is 9.47 Å². The second kappa shape index (κ2) is 8.56. The van der Waals surface area contributed by atoms with Gasteiger partial charge in [0.15, 0.2) is 0 Å². The number of imidazole rings is 1. The summed E-state index contributed by atoms with van der Waals surface area (Å²) in [4.78, 5) is 17.9. The molecule has 1 saturated carbocycles. The Labute approximate surface area is 171 Å². The predicted octanol–water partition coefficient (Wildman–Crippen LogP) is 4.27. The van der Waals surface area contributed by atoms with E-state index in [0.717, 1.165) is 45.4 Å². The standard InChI is InChI=1S/C21H30FN3O2.ClH/c1-3-27-17-6-10-21(2,11-7-17)24-12-8-16(9-13-24)25-19-14-15(22)4-5-18(19)23-20(25)26;/h4-5,14,16-17H,3,6-13H2,1-2H3,(H,23,26);1H. The fourth-order valence-electron chi connectivity index (χ4n) is 5.05. The average Bonchev–Trinajstić information content (AvgIpc) is 2.99. The topological polar surface area (TPSA) is 50.3 Å². The fourth-order valence-corrected chi connectivity index (χ4v) is 5.05. The van der Waals surface area contributed by atoms with Crippen LogP contribution in [0.1, 0.15) is 58.4 Å². The van der Waals surface area contributed by atoms with Crippen LogP contribution in [0, 0.1) is 5.82 Å². The van der Waals surface area contributed by atoms with Gasteiger partial charge in [-0.15, -0.1) is 12.4 Å². The Balaban J connectivity index is 0.00000225. The molecule has 2 aromatic rings. The Kier molecular flexibility index (Phi) is 6.52. The number of ether oxygens (including phenoxy) is 1. The highest BCUT2D eigenvalue weighted by Crippen LogP contribution is 2.38. The number of benzene rings is 1.